The van der Waals surface area contributed by atoms with Crippen LogP contribution in [0.15, 0.2) is 41.4 Å². The molecule has 2 aromatic carbocycles. The van der Waals surface area contributed by atoms with Crippen molar-refractivity contribution < 1.29 is 18.3 Å². The van der Waals surface area contributed by atoms with E-state index in [-0.39, 0.29) is 12.6 Å². The Morgan fingerprint density at radius 1 is 1.08 bits per heavy atom. The molecule has 0 amide bonds. The minimum absolute atomic E-state index is 0.279. The summed E-state index contributed by atoms with van der Waals surface area (Å²) >= 11 is 0. The number of aromatic hydroxyl groups is 1. The van der Waals surface area contributed by atoms with Gasteiger partial charge in [-0.3, -0.25) is 4.99 Å². The van der Waals surface area contributed by atoms with Crippen LogP contribution in [-0.4, -0.2) is 18.1 Å². The van der Waals surface area contributed by atoms with Crippen molar-refractivity contribution >= 4 is 5.96 Å². The first-order chi connectivity index (χ1) is 11.4. The predicted molar refractivity (Wildman–Crippen MR) is 86.2 cm³/mol. The van der Waals surface area contributed by atoms with Crippen LogP contribution in [-0.2, 0) is 6.54 Å². The van der Waals surface area contributed by atoms with Crippen molar-refractivity contribution in [2.24, 2.45) is 4.99 Å². The molecule has 0 bridgehead atoms. The molecule has 128 valence electrons. The van der Waals surface area contributed by atoms with Crippen LogP contribution < -0.4 is 10.6 Å². The minimum Gasteiger partial charge on any atom is -0.505 e. The van der Waals surface area contributed by atoms with Crippen molar-refractivity contribution in [1.82, 2.24) is 10.6 Å². The molecule has 0 aromatic heterocycles. The molecule has 2 aromatic rings. The van der Waals surface area contributed by atoms with Gasteiger partial charge in [0.15, 0.2) is 29.2 Å². The summed E-state index contributed by atoms with van der Waals surface area (Å²) in [6.07, 6.45) is 0. The summed E-state index contributed by atoms with van der Waals surface area (Å²) in [5, 5.41) is 15.2. The number of nitrogens with one attached hydrogen (secondary N) is 2. The summed E-state index contributed by atoms with van der Waals surface area (Å²) in [5.74, 6) is -2.51. The molecule has 0 aliphatic heterocycles. The number of aliphatic imine (C=N–C) groups is 1. The molecular weight excluding hydrogens is 319 g/mol. The monoisotopic (exact) mass is 337 g/mol. The van der Waals surface area contributed by atoms with Crippen molar-refractivity contribution in [2.75, 3.05) is 7.05 Å². The fraction of sp³-hybridized carbons (Fsp3) is 0.235. The van der Waals surface area contributed by atoms with Gasteiger partial charge >= 0.3 is 0 Å². The zero-order chi connectivity index (χ0) is 17.7. The van der Waals surface area contributed by atoms with Gasteiger partial charge < -0.3 is 15.7 Å². The molecule has 7 heteroatoms. The number of phenols is 1. The van der Waals surface area contributed by atoms with Gasteiger partial charge in [0.1, 0.15) is 0 Å². The Morgan fingerprint density at radius 2 is 1.83 bits per heavy atom. The number of nitrogens with zero attached hydrogens (tertiary/aromatic N) is 1. The molecule has 3 N–H and O–H groups in total. The highest BCUT2D eigenvalue weighted by Crippen LogP contribution is 2.17. The van der Waals surface area contributed by atoms with Crippen LogP contribution in [0.1, 0.15) is 24.1 Å². The smallest absolute Gasteiger partial charge is 0.191 e. The molecule has 1 unspecified atom stereocenters. The number of guanidine groups is 1. The maximum Gasteiger partial charge on any atom is 0.191 e. The summed E-state index contributed by atoms with van der Waals surface area (Å²) in [4.78, 5) is 4.03. The van der Waals surface area contributed by atoms with Crippen molar-refractivity contribution in [2.45, 2.75) is 19.5 Å². The van der Waals surface area contributed by atoms with Crippen LogP contribution in [0.5, 0.6) is 5.75 Å². The number of halogens is 3. The number of rotatable bonds is 4. The molecule has 0 fully saturated rings. The maximum atomic E-state index is 13.3. The summed E-state index contributed by atoms with van der Waals surface area (Å²) < 4.78 is 39.6. The summed E-state index contributed by atoms with van der Waals surface area (Å²) in [6, 6.07) is 7.42. The third-order valence-electron chi connectivity index (χ3n) is 3.49. The van der Waals surface area contributed by atoms with E-state index < -0.39 is 23.2 Å². The van der Waals surface area contributed by atoms with E-state index in [1.165, 1.54) is 18.2 Å². The summed E-state index contributed by atoms with van der Waals surface area (Å²) in [7, 11) is 1.56. The fourth-order valence-electron chi connectivity index (χ4n) is 2.11. The van der Waals surface area contributed by atoms with Crippen molar-refractivity contribution in [3.63, 3.8) is 0 Å². The Bertz CT molecular complexity index is 750. The van der Waals surface area contributed by atoms with Crippen LogP contribution in [0.25, 0.3) is 0 Å². The van der Waals surface area contributed by atoms with Crippen LogP contribution >= 0.6 is 0 Å². The predicted octanol–water partition coefficient (Wildman–Crippen LogP) is 3.24. The van der Waals surface area contributed by atoms with Gasteiger partial charge in [-0.25, -0.2) is 13.2 Å². The molecule has 1 atom stereocenters. The standard InChI is InChI=1S/C17H18F3N3O/c1-10(12-4-5-13(18)14(19)8-12)23-17(21-2)22-9-11-3-6-16(24)15(20)7-11/h3-8,10,24H,9H2,1-2H3,(H2,21,22,23). The number of hydrogen-bond acceptors (Lipinski definition) is 2. The highest BCUT2D eigenvalue weighted by molar-refractivity contribution is 5.80. The quantitative estimate of drug-likeness (QED) is 0.593. The largest absolute Gasteiger partial charge is 0.505 e. The molecule has 0 saturated carbocycles. The zero-order valence-electron chi connectivity index (χ0n) is 13.3. The van der Waals surface area contributed by atoms with Crippen LogP contribution in [0.4, 0.5) is 13.2 Å². The average molecular weight is 337 g/mol. The lowest BCUT2D eigenvalue weighted by atomic mass is 10.1. The van der Waals surface area contributed by atoms with Gasteiger partial charge in [-0.05, 0) is 42.3 Å². The molecule has 4 nitrogen and oxygen atoms in total. The van der Waals surface area contributed by atoms with E-state index >= 15 is 0 Å². The summed E-state index contributed by atoms with van der Waals surface area (Å²) in [6.45, 7) is 2.06. The van der Waals surface area contributed by atoms with Gasteiger partial charge in [-0.1, -0.05) is 12.1 Å². The van der Waals surface area contributed by atoms with E-state index in [1.54, 1.807) is 20.0 Å². The maximum absolute atomic E-state index is 13.3. The van der Waals surface area contributed by atoms with Gasteiger partial charge in [0.2, 0.25) is 0 Å². The summed E-state index contributed by atoms with van der Waals surface area (Å²) in [5.41, 5.74) is 1.18. The SMILES string of the molecule is CN=C(NCc1ccc(O)c(F)c1)NC(C)c1ccc(F)c(F)c1. The molecule has 0 aliphatic rings. The average Bonchev–Trinajstić information content (AvgIpc) is 2.56. The Hall–Kier alpha value is -2.70. The lowest BCUT2D eigenvalue weighted by molar-refractivity contribution is 0.431. The van der Waals surface area contributed by atoms with Gasteiger partial charge in [0, 0.05) is 13.6 Å². The minimum atomic E-state index is -0.913. The Labute approximate surface area is 138 Å². The fourth-order valence-corrected chi connectivity index (χ4v) is 2.11. The molecule has 0 radical (unpaired) electrons. The van der Waals surface area contributed by atoms with E-state index in [2.05, 4.69) is 15.6 Å². The lowest BCUT2D eigenvalue weighted by Gasteiger charge is -2.18. The lowest BCUT2D eigenvalue weighted by Crippen LogP contribution is -2.38. The van der Waals surface area contributed by atoms with Gasteiger partial charge in [-0.2, -0.15) is 0 Å². The molecular formula is C17H18F3N3O. The third-order valence-corrected chi connectivity index (χ3v) is 3.49. The second-order valence-corrected chi connectivity index (χ2v) is 5.25. The Balaban J connectivity index is 1.98. The normalized spacial score (nSPS) is 12.8. The highest BCUT2D eigenvalue weighted by Gasteiger charge is 2.11. The zero-order valence-corrected chi connectivity index (χ0v) is 13.3. The number of benzene rings is 2. The third kappa shape index (κ3) is 4.41. The van der Waals surface area contributed by atoms with Gasteiger partial charge in [0.05, 0.1) is 6.04 Å². The highest BCUT2D eigenvalue weighted by atomic mass is 19.2. The molecule has 24 heavy (non-hydrogen) atoms. The first-order valence-corrected chi connectivity index (χ1v) is 7.30. The van der Waals surface area contributed by atoms with Crippen LogP contribution in [0.3, 0.4) is 0 Å². The Kier molecular flexibility index (Phi) is 5.68. The topological polar surface area (TPSA) is 56.7 Å². The van der Waals surface area contributed by atoms with E-state index in [1.807, 2.05) is 0 Å². The van der Waals surface area contributed by atoms with E-state index in [9.17, 15) is 13.2 Å². The van der Waals surface area contributed by atoms with Gasteiger partial charge in [-0.15, -0.1) is 0 Å². The van der Waals surface area contributed by atoms with Crippen molar-refractivity contribution in [3.05, 3.63) is 65.0 Å². The first kappa shape index (κ1) is 17.7. The molecule has 0 saturated heterocycles. The second-order valence-electron chi connectivity index (χ2n) is 5.25. The van der Waals surface area contributed by atoms with Crippen molar-refractivity contribution in [3.8, 4) is 5.75 Å². The number of phenolic OH excluding ortho intramolecular Hbond substituents is 1. The molecule has 0 spiro atoms. The van der Waals surface area contributed by atoms with E-state index in [4.69, 9.17) is 5.11 Å². The van der Waals surface area contributed by atoms with Gasteiger partial charge in [0.25, 0.3) is 0 Å². The number of hydrogen-bond donors (Lipinski definition) is 3. The molecule has 0 heterocycles. The molecule has 2 rings (SSSR count). The first-order valence-electron chi connectivity index (χ1n) is 7.30. The van der Waals surface area contributed by atoms with E-state index in [0.29, 0.717) is 17.1 Å². The van der Waals surface area contributed by atoms with Crippen molar-refractivity contribution in [1.29, 1.82) is 0 Å². The van der Waals surface area contributed by atoms with Crippen LogP contribution in [0, 0.1) is 17.5 Å². The Morgan fingerprint density at radius 3 is 2.46 bits per heavy atom. The molecule has 0 aliphatic carbocycles. The van der Waals surface area contributed by atoms with E-state index in [0.717, 1.165) is 12.1 Å². The van der Waals surface area contributed by atoms with Crippen LogP contribution in [0.2, 0.25) is 0 Å². The second kappa shape index (κ2) is 7.72.